The summed E-state index contributed by atoms with van der Waals surface area (Å²) in [6.45, 7) is 1.58. The predicted molar refractivity (Wildman–Crippen MR) is 158 cm³/mol. The Hall–Kier alpha value is -4.43. The number of thiophene rings is 1. The lowest BCUT2D eigenvalue weighted by atomic mass is 9.63. The highest BCUT2D eigenvalue weighted by molar-refractivity contribution is 7.12. The van der Waals surface area contributed by atoms with Crippen LogP contribution in [0.4, 0.5) is 5.69 Å². The number of ketones is 1. The summed E-state index contributed by atoms with van der Waals surface area (Å²) in [5.74, 6) is -0.0834. The fourth-order valence-electron chi connectivity index (χ4n) is 7.37. The molecule has 0 radical (unpaired) electrons. The first-order chi connectivity index (χ1) is 20.4. The number of Topliss-reactive ketones (excluding diaryl/α,β-unsaturated/α-hetero) is 1. The Labute approximate surface area is 245 Å². The number of hydrogen-bond acceptors (Lipinski definition) is 7. The zero-order valence-corrected chi connectivity index (χ0v) is 23.5. The fourth-order valence-corrected chi connectivity index (χ4v) is 8.02. The molecule has 2 aromatic heterocycles. The summed E-state index contributed by atoms with van der Waals surface area (Å²) >= 11 is 1.30. The number of aromatic nitrogens is 1. The van der Waals surface area contributed by atoms with Gasteiger partial charge in [0, 0.05) is 10.9 Å². The van der Waals surface area contributed by atoms with Crippen molar-refractivity contribution in [1.82, 2.24) is 4.98 Å². The molecule has 1 saturated heterocycles. The van der Waals surface area contributed by atoms with Gasteiger partial charge in [0.25, 0.3) is 0 Å². The number of pyridine rings is 1. The molecule has 42 heavy (non-hydrogen) atoms. The quantitative estimate of drug-likeness (QED) is 0.124. The minimum atomic E-state index is -0.604. The van der Waals surface area contributed by atoms with E-state index < -0.39 is 5.97 Å². The number of ether oxygens (including phenoxy) is 1. The minimum absolute atomic E-state index is 0.0937. The van der Waals surface area contributed by atoms with Gasteiger partial charge >= 0.3 is 5.97 Å². The molecule has 2 bridgehead atoms. The number of nitrogens with zero attached hydrogens (tertiary/aromatic N) is 2. The number of aryl methyl sites for hydroxylation is 1. The van der Waals surface area contributed by atoms with Crippen molar-refractivity contribution in [1.29, 1.82) is 0 Å². The maximum atomic E-state index is 13.5. The first-order valence-corrected chi connectivity index (χ1v) is 15.1. The summed E-state index contributed by atoms with van der Waals surface area (Å²) in [6.07, 6.45) is 5.47. The molecule has 1 aliphatic heterocycles. The van der Waals surface area contributed by atoms with Crippen molar-refractivity contribution in [3.05, 3.63) is 94.2 Å². The second kappa shape index (κ2) is 9.29. The zero-order valence-electron chi connectivity index (χ0n) is 22.7. The predicted octanol–water partition coefficient (Wildman–Crippen LogP) is 5.87. The van der Waals surface area contributed by atoms with Gasteiger partial charge in [-0.25, -0.2) is 9.78 Å². The van der Waals surface area contributed by atoms with Gasteiger partial charge in [0.15, 0.2) is 6.61 Å². The van der Waals surface area contributed by atoms with Gasteiger partial charge in [-0.05, 0) is 78.8 Å². The third-order valence-corrected chi connectivity index (χ3v) is 10.3. The van der Waals surface area contributed by atoms with Crippen LogP contribution in [0.1, 0.15) is 32.0 Å². The van der Waals surface area contributed by atoms with Gasteiger partial charge < -0.3 is 4.74 Å². The molecule has 3 heterocycles. The molecular weight excluding hydrogens is 548 g/mol. The van der Waals surface area contributed by atoms with E-state index in [1.165, 1.54) is 16.2 Å². The number of anilines is 1. The van der Waals surface area contributed by atoms with Crippen LogP contribution in [0, 0.1) is 42.4 Å². The second-order valence-electron chi connectivity index (χ2n) is 11.8. The number of imide groups is 1. The molecule has 4 aromatic rings. The van der Waals surface area contributed by atoms with Crippen LogP contribution in [0.25, 0.3) is 22.2 Å². The second-order valence-corrected chi connectivity index (χ2v) is 12.7. The highest BCUT2D eigenvalue weighted by Gasteiger charge is 2.67. The molecule has 2 saturated carbocycles. The van der Waals surface area contributed by atoms with Crippen molar-refractivity contribution in [3.8, 4) is 11.3 Å². The van der Waals surface area contributed by atoms with Gasteiger partial charge in [-0.15, -0.1) is 11.3 Å². The van der Waals surface area contributed by atoms with E-state index in [1.54, 1.807) is 35.7 Å². The summed E-state index contributed by atoms with van der Waals surface area (Å²) in [7, 11) is 0. The molecule has 0 spiro atoms. The van der Waals surface area contributed by atoms with E-state index >= 15 is 0 Å². The van der Waals surface area contributed by atoms with Gasteiger partial charge in [-0.2, -0.15) is 0 Å². The number of benzene rings is 2. The molecule has 7 nitrogen and oxygen atoms in total. The monoisotopic (exact) mass is 574 g/mol. The van der Waals surface area contributed by atoms with E-state index in [0.29, 0.717) is 44.6 Å². The maximum absolute atomic E-state index is 13.5. The Bertz CT molecular complexity index is 1810. The SMILES string of the molecule is Cc1ccc2nc(-c3ccc(N4C(=O)C5C6C=CC(C7CC67)C5C4=O)cc3)cc(C(=O)OCC(=O)c3cccs3)c2c1. The number of amides is 2. The molecule has 208 valence electrons. The van der Waals surface area contributed by atoms with E-state index in [1.807, 2.05) is 37.3 Å². The number of allylic oxidation sites excluding steroid dienone is 2. The molecule has 9 rings (SSSR count). The van der Waals surface area contributed by atoms with Crippen LogP contribution < -0.4 is 4.90 Å². The number of fused-ring (bicyclic) bond motifs is 1. The summed E-state index contributed by atoms with van der Waals surface area (Å²) in [5.41, 5.74) is 3.73. The summed E-state index contributed by atoms with van der Waals surface area (Å²) in [5, 5.41) is 2.44. The smallest absolute Gasteiger partial charge is 0.339 e. The minimum Gasteiger partial charge on any atom is -0.454 e. The van der Waals surface area contributed by atoms with E-state index in [0.717, 1.165) is 17.5 Å². The molecule has 6 unspecified atom stereocenters. The molecule has 0 N–H and O–H groups in total. The average molecular weight is 575 g/mol. The number of rotatable bonds is 6. The molecule has 2 amide bonds. The van der Waals surface area contributed by atoms with E-state index in [2.05, 4.69) is 12.2 Å². The first kappa shape index (κ1) is 25.3. The topological polar surface area (TPSA) is 93.6 Å². The van der Waals surface area contributed by atoms with Crippen molar-refractivity contribution in [2.45, 2.75) is 13.3 Å². The van der Waals surface area contributed by atoms with Crippen LogP contribution in [0.2, 0.25) is 0 Å². The van der Waals surface area contributed by atoms with Gasteiger partial charge in [0.2, 0.25) is 17.6 Å². The Balaban J connectivity index is 1.09. The first-order valence-electron chi connectivity index (χ1n) is 14.2. The molecule has 5 aliphatic rings. The molecule has 4 aliphatic carbocycles. The summed E-state index contributed by atoms with van der Waals surface area (Å²) in [4.78, 5) is 59.4. The Morgan fingerprint density at radius 1 is 0.952 bits per heavy atom. The molecule has 8 heteroatoms. The lowest BCUT2D eigenvalue weighted by Crippen LogP contribution is -2.40. The maximum Gasteiger partial charge on any atom is 0.339 e. The van der Waals surface area contributed by atoms with Crippen LogP contribution in [0.5, 0.6) is 0 Å². The van der Waals surface area contributed by atoms with Crippen molar-refractivity contribution in [2.75, 3.05) is 11.5 Å². The van der Waals surface area contributed by atoms with Crippen molar-refractivity contribution >= 4 is 51.5 Å². The molecule has 3 fully saturated rings. The van der Waals surface area contributed by atoms with E-state index in [4.69, 9.17) is 9.72 Å². The highest BCUT2D eigenvalue weighted by atomic mass is 32.1. The number of esters is 1. The van der Waals surface area contributed by atoms with Crippen LogP contribution >= 0.6 is 11.3 Å². The molecule has 2 aromatic carbocycles. The van der Waals surface area contributed by atoms with Crippen molar-refractivity contribution in [3.63, 3.8) is 0 Å². The van der Waals surface area contributed by atoms with Gasteiger partial charge in [0.1, 0.15) is 0 Å². The van der Waals surface area contributed by atoms with Crippen molar-refractivity contribution in [2.24, 2.45) is 35.5 Å². The van der Waals surface area contributed by atoms with Crippen LogP contribution in [0.15, 0.2) is 78.2 Å². The summed E-state index contributed by atoms with van der Waals surface area (Å²) < 4.78 is 5.45. The van der Waals surface area contributed by atoms with Gasteiger partial charge in [0.05, 0.1) is 39.2 Å². The highest BCUT2D eigenvalue weighted by Crippen LogP contribution is 2.65. The van der Waals surface area contributed by atoms with Gasteiger partial charge in [-0.3, -0.25) is 19.3 Å². The zero-order chi connectivity index (χ0) is 28.7. The fraction of sp³-hybridized carbons (Fsp3) is 0.265. The average Bonchev–Trinajstić information content (AvgIpc) is 3.57. The van der Waals surface area contributed by atoms with Crippen LogP contribution in [-0.2, 0) is 14.3 Å². The van der Waals surface area contributed by atoms with Crippen LogP contribution in [0.3, 0.4) is 0 Å². The number of hydrogen-bond donors (Lipinski definition) is 0. The number of carbonyl (C=O) groups excluding carboxylic acids is 4. The van der Waals surface area contributed by atoms with Crippen molar-refractivity contribution < 1.29 is 23.9 Å². The Kier molecular flexibility index (Phi) is 5.60. The molecule has 6 atom stereocenters. The van der Waals surface area contributed by atoms with E-state index in [9.17, 15) is 19.2 Å². The molecular formula is C34H26N2O5S. The Morgan fingerprint density at radius 3 is 2.33 bits per heavy atom. The van der Waals surface area contributed by atoms with Crippen LogP contribution in [-0.4, -0.2) is 35.2 Å². The third kappa shape index (κ3) is 3.81. The lowest BCUT2D eigenvalue weighted by molar-refractivity contribution is -0.124. The number of carbonyl (C=O) groups is 4. The van der Waals surface area contributed by atoms with Gasteiger partial charge in [-0.1, -0.05) is 42.0 Å². The normalized spacial score (nSPS) is 26.8. The van der Waals surface area contributed by atoms with E-state index in [-0.39, 0.29) is 47.9 Å². The largest absolute Gasteiger partial charge is 0.454 e. The third-order valence-electron chi connectivity index (χ3n) is 9.40. The standard InChI is InChI=1S/C34H26N2O5S/c1-17-4-11-26-24(13-17)25(34(40)41-16-28(37)29-3-2-12-42-29)15-27(35-26)18-5-7-19(8-6-18)36-32(38)30-20-9-10-21(23-14-22(20)23)31(30)33(36)39/h2-13,15,20-23,30-31H,14,16H2,1H3. The summed E-state index contributed by atoms with van der Waals surface area (Å²) in [6, 6.07) is 18.0. The Morgan fingerprint density at radius 2 is 1.67 bits per heavy atom. The lowest BCUT2D eigenvalue weighted by Gasteiger charge is -2.37.